The first-order valence-electron chi connectivity index (χ1n) is 11.9. The van der Waals surface area contributed by atoms with Crippen molar-refractivity contribution in [2.24, 2.45) is 5.92 Å². The summed E-state index contributed by atoms with van der Waals surface area (Å²) in [4.78, 5) is 14.6. The Kier molecular flexibility index (Phi) is 8.96. The Labute approximate surface area is 207 Å². The van der Waals surface area contributed by atoms with Gasteiger partial charge in [-0.15, -0.1) is 0 Å². The third-order valence-corrected chi connectivity index (χ3v) is 7.73. The third-order valence-electron chi connectivity index (χ3n) is 5.59. The summed E-state index contributed by atoms with van der Waals surface area (Å²) in [6.07, 6.45) is 3.79. The minimum atomic E-state index is -3.74. The Morgan fingerprint density at radius 1 is 1.14 bits per heavy atom. The van der Waals surface area contributed by atoms with Gasteiger partial charge in [0.15, 0.2) is 17.3 Å². The average Bonchev–Trinajstić information content (AvgIpc) is 3.00. The maximum absolute atomic E-state index is 13.1. The molecule has 0 spiro atoms. The zero-order valence-corrected chi connectivity index (χ0v) is 21.9. The first kappa shape index (κ1) is 26.7. The van der Waals surface area contributed by atoms with Gasteiger partial charge in [-0.05, 0) is 56.9 Å². The molecule has 0 bridgehead atoms. The van der Waals surface area contributed by atoms with E-state index in [0.717, 1.165) is 5.56 Å². The van der Waals surface area contributed by atoms with Crippen molar-refractivity contribution in [2.45, 2.75) is 45.9 Å². The number of ether oxygens (including phenoxy) is 2. The summed E-state index contributed by atoms with van der Waals surface area (Å²) in [7, 11) is -3.74. The van der Waals surface area contributed by atoms with E-state index in [1.54, 1.807) is 24.8 Å². The molecule has 0 saturated carbocycles. The second kappa shape index (κ2) is 11.7. The van der Waals surface area contributed by atoms with Crippen LogP contribution in [0, 0.1) is 19.8 Å². The highest BCUT2D eigenvalue weighted by Gasteiger charge is 2.32. The largest absolute Gasteiger partial charge is 0.490 e. The first-order valence-corrected chi connectivity index (χ1v) is 13.4. The summed E-state index contributed by atoms with van der Waals surface area (Å²) in [6, 6.07) is 5.58. The molecule has 0 atom stereocenters. The zero-order valence-electron chi connectivity index (χ0n) is 21.1. The summed E-state index contributed by atoms with van der Waals surface area (Å²) < 4.78 is 44.2. The summed E-state index contributed by atoms with van der Waals surface area (Å²) in [5.74, 6) is 1.81. The predicted octanol–water partition coefficient (Wildman–Crippen LogP) is 3.66. The highest BCUT2D eigenvalue weighted by atomic mass is 32.2. The lowest BCUT2D eigenvalue weighted by molar-refractivity contribution is -0.125. The lowest BCUT2D eigenvalue weighted by Gasteiger charge is -2.21. The average molecular weight is 506 g/mol. The SMILES string of the molecule is CCOc1cc(/C=C/C(=O)N2CCCN(S(=O)(=O)c3c(C)noc3C)CC2)ccc1OCC(C)C. The van der Waals surface area contributed by atoms with Gasteiger partial charge in [0.2, 0.25) is 15.9 Å². The van der Waals surface area contributed by atoms with Gasteiger partial charge in [0, 0.05) is 32.3 Å². The quantitative estimate of drug-likeness (QED) is 0.479. The summed E-state index contributed by atoms with van der Waals surface area (Å²) in [6.45, 7) is 11.7. The summed E-state index contributed by atoms with van der Waals surface area (Å²) >= 11 is 0. The van der Waals surface area contributed by atoms with Gasteiger partial charge in [-0.1, -0.05) is 25.1 Å². The van der Waals surface area contributed by atoms with Crippen molar-refractivity contribution in [3.05, 3.63) is 41.3 Å². The van der Waals surface area contributed by atoms with Crippen LogP contribution in [-0.2, 0) is 14.8 Å². The second-order valence-electron chi connectivity index (χ2n) is 8.91. The van der Waals surface area contributed by atoms with Crippen molar-refractivity contribution in [3.63, 3.8) is 0 Å². The highest BCUT2D eigenvalue weighted by molar-refractivity contribution is 7.89. The Balaban J connectivity index is 1.66. The molecule has 0 radical (unpaired) electrons. The number of sulfonamides is 1. The van der Waals surface area contributed by atoms with Crippen LogP contribution in [0.25, 0.3) is 6.08 Å². The van der Waals surface area contributed by atoms with Crippen LogP contribution in [0.3, 0.4) is 0 Å². The number of amides is 1. The zero-order chi connectivity index (χ0) is 25.6. The maximum Gasteiger partial charge on any atom is 0.248 e. The smallest absolute Gasteiger partial charge is 0.248 e. The van der Waals surface area contributed by atoms with Crippen molar-refractivity contribution in [2.75, 3.05) is 39.4 Å². The molecule has 0 aliphatic carbocycles. The van der Waals surface area contributed by atoms with Crippen molar-refractivity contribution in [1.82, 2.24) is 14.4 Å². The molecule has 1 aromatic heterocycles. The molecule has 1 amide bonds. The van der Waals surface area contributed by atoms with Gasteiger partial charge in [0.1, 0.15) is 10.6 Å². The molecule has 9 nitrogen and oxygen atoms in total. The van der Waals surface area contributed by atoms with Gasteiger partial charge in [-0.3, -0.25) is 4.79 Å². The van der Waals surface area contributed by atoms with Crippen LogP contribution in [0.2, 0.25) is 0 Å². The Bertz CT molecular complexity index is 1140. The van der Waals surface area contributed by atoms with Crippen molar-refractivity contribution < 1.29 is 27.2 Å². The monoisotopic (exact) mass is 505 g/mol. The standard InChI is InChI=1S/C25H35N3O6S/c1-6-32-23-16-21(8-10-22(23)33-17-18(2)3)9-11-24(29)27-12-7-13-28(15-14-27)35(30,31)25-19(4)26-34-20(25)5/h8-11,16,18H,6-7,12-15,17H2,1-5H3/b11-9+. The van der Waals surface area contributed by atoms with Gasteiger partial charge in [-0.25, -0.2) is 8.42 Å². The molecule has 2 aromatic rings. The van der Waals surface area contributed by atoms with Gasteiger partial charge in [0.05, 0.1) is 13.2 Å². The molecule has 1 fully saturated rings. The van der Waals surface area contributed by atoms with E-state index >= 15 is 0 Å². The van der Waals surface area contributed by atoms with E-state index in [9.17, 15) is 13.2 Å². The van der Waals surface area contributed by atoms with Crippen LogP contribution in [0.15, 0.2) is 33.7 Å². The Hall–Kier alpha value is -2.85. The van der Waals surface area contributed by atoms with E-state index in [4.69, 9.17) is 14.0 Å². The molecule has 0 N–H and O–H groups in total. The Morgan fingerprint density at radius 2 is 1.91 bits per heavy atom. The molecule has 1 saturated heterocycles. The molecule has 1 aliphatic rings. The second-order valence-corrected chi connectivity index (χ2v) is 10.8. The van der Waals surface area contributed by atoms with Crippen LogP contribution >= 0.6 is 0 Å². The molecule has 35 heavy (non-hydrogen) atoms. The number of benzene rings is 1. The number of hydrogen-bond acceptors (Lipinski definition) is 7. The first-order chi connectivity index (χ1) is 16.6. The molecule has 192 valence electrons. The molecular formula is C25H35N3O6S. The van der Waals surface area contributed by atoms with Crippen molar-refractivity contribution in [1.29, 1.82) is 0 Å². The Morgan fingerprint density at radius 3 is 2.57 bits per heavy atom. The third kappa shape index (κ3) is 6.64. The number of aryl methyl sites for hydroxylation is 2. The van der Waals surface area contributed by atoms with E-state index < -0.39 is 10.0 Å². The number of aromatic nitrogens is 1. The van der Waals surface area contributed by atoms with E-state index in [0.29, 0.717) is 62.4 Å². The van der Waals surface area contributed by atoms with Gasteiger partial charge in [0.25, 0.3) is 0 Å². The highest BCUT2D eigenvalue weighted by Crippen LogP contribution is 2.29. The van der Waals surface area contributed by atoms with Crippen LogP contribution in [0.4, 0.5) is 0 Å². The van der Waals surface area contributed by atoms with Crippen LogP contribution < -0.4 is 9.47 Å². The van der Waals surface area contributed by atoms with Gasteiger partial charge < -0.3 is 18.9 Å². The molecule has 3 rings (SSSR count). The van der Waals surface area contributed by atoms with Crippen molar-refractivity contribution >= 4 is 22.0 Å². The normalized spacial score (nSPS) is 15.5. The fourth-order valence-electron chi connectivity index (χ4n) is 3.87. The number of rotatable bonds is 9. The lowest BCUT2D eigenvalue weighted by Crippen LogP contribution is -2.37. The molecule has 1 aliphatic heterocycles. The fourth-order valence-corrected chi connectivity index (χ4v) is 5.63. The van der Waals surface area contributed by atoms with Crippen LogP contribution in [0.1, 0.15) is 44.2 Å². The molecule has 0 unspecified atom stereocenters. The lowest BCUT2D eigenvalue weighted by atomic mass is 10.1. The van der Waals surface area contributed by atoms with Crippen molar-refractivity contribution in [3.8, 4) is 11.5 Å². The number of carbonyl (C=O) groups is 1. The summed E-state index contributed by atoms with van der Waals surface area (Å²) in [5.41, 5.74) is 1.16. The predicted molar refractivity (Wildman–Crippen MR) is 133 cm³/mol. The van der Waals surface area contributed by atoms with Crippen LogP contribution in [-0.4, -0.2) is 68.1 Å². The van der Waals surface area contributed by atoms with Gasteiger partial charge >= 0.3 is 0 Å². The topological polar surface area (TPSA) is 102 Å². The maximum atomic E-state index is 13.1. The molecule has 1 aromatic carbocycles. The number of nitrogens with zero attached hydrogens (tertiary/aromatic N) is 3. The molecular weight excluding hydrogens is 470 g/mol. The minimum Gasteiger partial charge on any atom is -0.490 e. The van der Waals surface area contributed by atoms with E-state index in [1.165, 1.54) is 10.4 Å². The summed E-state index contributed by atoms with van der Waals surface area (Å²) in [5, 5.41) is 3.77. The molecule has 10 heteroatoms. The number of hydrogen-bond donors (Lipinski definition) is 0. The van der Waals surface area contributed by atoms with E-state index in [1.807, 2.05) is 25.1 Å². The number of carbonyl (C=O) groups excluding carboxylic acids is 1. The fraction of sp³-hybridized carbons (Fsp3) is 0.520. The van der Waals surface area contributed by atoms with Gasteiger partial charge in [-0.2, -0.15) is 4.31 Å². The van der Waals surface area contributed by atoms with Crippen LogP contribution in [0.5, 0.6) is 11.5 Å². The minimum absolute atomic E-state index is 0.114. The molecule has 2 heterocycles. The van der Waals surface area contributed by atoms with E-state index in [-0.39, 0.29) is 23.1 Å². The van der Waals surface area contributed by atoms with E-state index in [2.05, 4.69) is 19.0 Å².